The summed E-state index contributed by atoms with van der Waals surface area (Å²) in [7, 11) is 0. The molecular weight excluding hydrogens is 208 g/mol. The molecule has 0 bridgehead atoms. The van der Waals surface area contributed by atoms with E-state index in [-0.39, 0.29) is 11.9 Å². The average molecular weight is 225 g/mol. The van der Waals surface area contributed by atoms with Crippen LogP contribution in [0.5, 0.6) is 0 Å². The van der Waals surface area contributed by atoms with Gasteiger partial charge >= 0.3 is 5.91 Å². The molecule has 7 nitrogen and oxygen atoms in total. The summed E-state index contributed by atoms with van der Waals surface area (Å²) < 4.78 is 0. The first-order chi connectivity index (χ1) is 7.81. The van der Waals surface area contributed by atoms with Crippen molar-refractivity contribution in [2.24, 2.45) is 11.0 Å². The van der Waals surface area contributed by atoms with E-state index in [4.69, 9.17) is 5.53 Å². The van der Waals surface area contributed by atoms with Gasteiger partial charge in [0, 0.05) is 6.04 Å². The molecule has 0 spiro atoms. The number of piperidine rings is 1. The third-order valence-electron chi connectivity index (χ3n) is 3.28. The lowest BCUT2D eigenvalue weighted by atomic mass is 9.89. The topological polar surface area (TPSA) is 103 Å². The van der Waals surface area contributed by atoms with Crippen LogP contribution in [0.15, 0.2) is 5.11 Å². The van der Waals surface area contributed by atoms with E-state index in [0.717, 1.165) is 19.5 Å². The number of rotatable bonds is 2. The Morgan fingerprint density at radius 3 is 3.00 bits per heavy atom. The second kappa shape index (κ2) is 5.27. The Balaban J connectivity index is 1.87. The van der Waals surface area contributed by atoms with Crippen LogP contribution >= 0.6 is 0 Å². The molecule has 2 saturated heterocycles. The summed E-state index contributed by atoms with van der Waals surface area (Å²) in [5.41, 5.74) is 12.6. The zero-order valence-electron chi connectivity index (χ0n) is 9.07. The maximum Gasteiger partial charge on any atom is 0.348 e. The van der Waals surface area contributed by atoms with Gasteiger partial charge in [0.05, 0.1) is 0 Å². The Bertz CT molecular complexity index is 307. The van der Waals surface area contributed by atoms with Crippen LogP contribution in [0.4, 0.5) is 0 Å². The number of nitrogens with zero attached hydrogens (tertiary/aromatic N) is 2. The van der Waals surface area contributed by atoms with Crippen LogP contribution in [-0.4, -0.2) is 31.1 Å². The summed E-state index contributed by atoms with van der Waals surface area (Å²) in [6.45, 7) is 2.09. The van der Waals surface area contributed by atoms with Gasteiger partial charge in [0.1, 0.15) is 11.6 Å². The van der Waals surface area contributed by atoms with Crippen molar-refractivity contribution >= 4 is 5.91 Å². The van der Waals surface area contributed by atoms with Crippen LogP contribution in [-0.2, 0) is 4.79 Å². The van der Waals surface area contributed by atoms with Crippen molar-refractivity contribution < 1.29 is 4.79 Å². The van der Waals surface area contributed by atoms with Crippen molar-refractivity contribution in [3.63, 3.8) is 0 Å². The number of hydrogen-bond acceptors (Lipinski definition) is 5. The normalized spacial score (nSPS) is 34.4. The van der Waals surface area contributed by atoms with Crippen LogP contribution < -0.4 is 21.1 Å². The molecule has 0 aliphatic carbocycles. The fraction of sp³-hybridized carbons (Fsp3) is 0.889. The third kappa shape index (κ3) is 2.51. The quantitative estimate of drug-likeness (QED) is 0.368. The Morgan fingerprint density at radius 2 is 2.31 bits per heavy atom. The monoisotopic (exact) mass is 225 g/mol. The summed E-state index contributed by atoms with van der Waals surface area (Å²) in [4.78, 5) is 14.1. The van der Waals surface area contributed by atoms with Gasteiger partial charge in [-0.3, -0.25) is 10.2 Å². The van der Waals surface area contributed by atoms with E-state index in [0.29, 0.717) is 12.0 Å². The zero-order valence-corrected chi connectivity index (χ0v) is 9.07. The number of hydrazine groups is 1. The van der Waals surface area contributed by atoms with E-state index in [2.05, 4.69) is 26.2 Å². The molecule has 0 aromatic heterocycles. The molecule has 3 unspecified atom stereocenters. The van der Waals surface area contributed by atoms with Gasteiger partial charge in [-0.1, -0.05) is 0 Å². The van der Waals surface area contributed by atoms with Crippen molar-refractivity contribution in [3.05, 3.63) is 0 Å². The maximum absolute atomic E-state index is 11.4. The second-order valence-electron chi connectivity index (χ2n) is 4.33. The molecule has 0 radical (unpaired) electrons. The zero-order chi connectivity index (χ0) is 11.4. The minimum absolute atomic E-state index is 0.308. The largest absolute Gasteiger partial charge is 0.348 e. The predicted molar refractivity (Wildman–Crippen MR) is 56.3 cm³/mol. The average Bonchev–Trinajstić information content (AvgIpc) is 2.80. The van der Waals surface area contributed by atoms with Crippen LogP contribution in [0.1, 0.15) is 19.3 Å². The van der Waals surface area contributed by atoms with Crippen molar-refractivity contribution in [2.45, 2.75) is 31.3 Å². The molecule has 0 aromatic carbocycles. The minimum Gasteiger partial charge on any atom is -0.316 e. The molecule has 0 saturated carbocycles. The van der Waals surface area contributed by atoms with Crippen molar-refractivity contribution in [1.29, 1.82) is 5.53 Å². The molecule has 0 aromatic rings. The Hall–Kier alpha value is -1.14. The first-order valence-electron chi connectivity index (χ1n) is 5.64. The summed E-state index contributed by atoms with van der Waals surface area (Å²) >= 11 is 0. The fourth-order valence-electron chi connectivity index (χ4n) is 2.39. The van der Waals surface area contributed by atoms with E-state index in [9.17, 15) is 4.79 Å². The van der Waals surface area contributed by atoms with E-state index in [1.165, 1.54) is 12.8 Å². The number of amides is 1. The van der Waals surface area contributed by atoms with E-state index in [1.807, 2.05) is 0 Å². The summed E-state index contributed by atoms with van der Waals surface area (Å²) in [6.07, 6.45) is 3.10. The molecule has 4 N–H and O–H groups in total. The van der Waals surface area contributed by atoms with Crippen LogP contribution in [0.3, 0.4) is 0 Å². The molecule has 2 aliphatic rings. The van der Waals surface area contributed by atoms with Crippen LogP contribution in [0.2, 0.25) is 0 Å². The number of nitrogens with one attached hydrogen (secondary N) is 4. The number of carbonyl (C=O) groups excluding carboxylic acids is 1. The van der Waals surface area contributed by atoms with Gasteiger partial charge in [0.25, 0.3) is 0 Å². The van der Waals surface area contributed by atoms with E-state index in [1.54, 1.807) is 0 Å². The Kier molecular flexibility index (Phi) is 3.74. The van der Waals surface area contributed by atoms with Crippen molar-refractivity contribution in [2.75, 3.05) is 13.1 Å². The molecule has 88 valence electrons. The third-order valence-corrected chi connectivity index (χ3v) is 3.28. The lowest BCUT2D eigenvalue weighted by Gasteiger charge is -2.27. The highest BCUT2D eigenvalue weighted by atomic mass is 16.2. The highest BCUT2D eigenvalue weighted by Gasteiger charge is 2.35. The molecule has 7 heteroatoms. The van der Waals surface area contributed by atoms with Crippen LogP contribution in [0, 0.1) is 11.4 Å². The highest BCUT2D eigenvalue weighted by Crippen LogP contribution is 2.20. The Morgan fingerprint density at radius 1 is 1.44 bits per heavy atom. The van der Waals surface area contributed by atoms with Gasteiger partial charge in [-0.15, -0.1) is 0 Å². The molecular formula is C9H17N6O+. The Labute approximate surface area is 93.6 Å². The molecule has 2 aliphatic heterocycles. The van der Waals surface area contributed by atoms with Crippen molar-refractivity contribution in [3.8, 4) is 0 Å². The molecule has 2 heterocycles. The van der Waals surface area contributed by atoms with Gasteiger partial charge < -0.3 is 5.32 Å². The smallest absolute Gasteiger partial charge is 0.316 e. The fourth-order valence-corrected chi connectivity index (χ4v) is 2.39. The molecule has 1 amide bonds. The first kappa shape index (κ1) is 11.3. The van der Waals surface area contributed by atoms with Crippen molar-refractivity contribution in [1.82, 2.24) is 21.1 Å². The summed E-state index contributed by atoms with van der Waals surface area (Å²) in [5, 5.41) is 6.58. The molecule has 3 atom stereocenters. The minimum atomic E-state index is -0.367. The van der Waals surface area contributed by atoms with Gasteiger partial charge in [0.2, 0.25) is 4.91 Å². The van der Waals surface area contributed by atoms with Gasteiger partial charge in [-0.05, 0) is 38.3 Å². The summed E-state index contributed by atoms with van der Waals surface area (Å²) in [5.74, 6) is 0.195. The van der Waals surface area contributed by atoms with Gasteiger partial charge in [-0.25, -0.2) is 5.43 Å². The summed E-state index contributed by atoms with van der Waals surface area (Å²) in [6, 6.07) is -0.0243. The maximum atomic E-state index is 11.4. The number of hydrogen-bond donors (Lipinski definition) is 4. The number of carbonyl (C=O) groups is 1. The molecule has 2 fully saturated rings. The second-order valence-corrected chi connectivity index (χ2v) is 4.33. The van der Waals surface area contributed by atoms with Crippen LogP contribution in [0.25, 0.3) is 0 Å². The predicted octanol–water partition coefficient (Wildman–Crippen LogP) is -0.702. The van der Waals surface area contributed by atoms with Gasteiger partial charge in [0.15, 0.2) is 5.11 Å². The van der Waals surface area contributed by atoms with Gasteiger partial charge in [-0.2, -0.15) is 0 Å². The lowest BCUT2D eigenvalue weighted by Crippen LogP contribution is -2.43. The first-order valence-corrected chi connectivity index (χ1v) is 5.64. The lowest BCUT2D eigenvalue weighted by molar-refractivity contribution is -0.120. The van der Waals surface area contributed by atoms with E-state index < -0.39 is 0 Å². The standard InChI is InChI=1S/C9H16N6O/c10-15-14-9(16)8-4-7(12-13-8)6-2-1-3-11-5-6/h6-8,11H,1-5H2,(H2,10,14,16)/p+1. The highest BCUT2D eigenvalue weighted by molar-refractivity contribution is 5.82. The molecule has 16 heavy (non-hydrogen) atoms. The SMILES string of the molecule is N=[N+]=NC(=O)C1CC(C2CCCNC2)NN1. The van der Waals surface area contributed by atoms with E-state index >= 15 is 0 Å². The molecule has 2 rings (SSSR count).